The lowest BCUT2D eigenvalue weighted by Crippen LogP contribution is -2.22. The average Bonchev–Trinajstić information content (AvgIpc) is 2.69. The second kappa shape index (κ2) is 9.35. The van der Waals surface area contributed by atoms with Crippen molar-refractivity contribution in [3.63, 3.8) is 0 Å². The number of guanidine groups is 1. The van der Waals surface area contributed by atoms with Gasteiger partial charge >= 0.3 is 0 Å². The molecule has 3 aromatic rings. The summed E-state index contributed by atoms with van der Waals surface area (Å²) in [5.41, 5.74) is 15.0. The number of methoxy groups -OCH3 is 1. The highest BCUT2D eigenvalue weighted by Gasteiger charge is 2.09. The molecule has 0 fully saturated rings. The van der Waals surface area contributed by atoms with Gasteiger partial charge in [0, 0.05) is 17.3 Å². The molecule has 0 saturated carbocycles. The third-order valence-electron chi connectivity index (χ3n) is 3.74. The summed E-state index contributed by atoms with van der Waals surface area (Å²) in [6, 6.07) is 21.3. The van der Waals surface area contributed by atoms with Crippen molar-refractivity contribution in [1.29, 1.82) is 0 Å². The van der Waals surface area contributed by atoms with Crippen molar-refractivity contribution in [2.24, 2.45) is 21.7 Å². The summed E-state index contributed by atoms with van der Waals surface area (Å²) in [5.74, 6) is 0.711. The normalized spacial score (nSPS) is 10.6. The van der Waals surface area contributed by atoms with Gasteiger partial charge in [-0.05, 0) is 23.8 Å². The fourth-order valence-electron chi connectivity index (χ4n) is 2.45. The fourth-order valence-corrected chi connectivity index (χ4v) is 2.45. The molecule has 1 aromatic heterocycles. The summed E-state index contributed by atoms with van der Waals surface area (Å²) in [6.07, 6.45) is 1.80. The molecule has 0 saturated heterocycles. The molecule has 0 bridgehead atoms. The second-order valence-corrected chi connectivity index (χ2v) is 5.50. The number of aromatic nitrogens is 1. The van der Waals surface area contributed by atoms with Crippen molar-refractivity contribution >= 4 is 24.1 Å². The summed E-state index contributed by atoms with van der Waals surface area (Å²) < 4.78 is 5.19. The maximum Gasteiger partial charge on any atom is 0.211 e. The van der Waals surface area contributed by atoms with Crippen LogP contribution in [0.15, 0.2) is 83.1 Å². The molecule has 0 unspecified atom stereocenters. The second-order valence-electron chi connectivity index (χ2n) is 5.50. The topological polar surface area (TPSA) is 98.9 Å². The summed E-state index contributed by atoms with van der Waals surface area (Å²) in [7, 11) is 1.65. The monoisotopic (exact) mass is 381 g/mol. The van der Waals surface area contributed by atoms with Gasteiger partial charge in [0.1, 0.15) is 11.5 Å². The summed E-state index contributed by atoms with van der Waals surface area (Å²) >= 11 is 0. The van der Waals surface area contributed by atoms with E-state index in [4.69, 9.17) is 16.2 Å². The minimum Gasteiger partial charge on any atom is -0.497 e. The first-order valence-corrected chi connectivity index (χ1v) is 8.00. The van der Waals surface area contributed by atoms with Gasteiger partial charge < -0.3 is 16.2 Å². The Morgan fingerprint density at radius 3 is 2.07 bits per heavy atom. The highest BCUT2D eigenvalue weighted by molar-refractivity contribution is 6.11. The van der Waals surface area contributed by atoms with Crippen LogP contribution in [0.4, 0.5) is 0 Å². The first-order chi connectivity index (χ1) is 12.7. The van der Waals surface area contributed by atoms with Crippen LogP contribution < -0.4 is 16.2 Å². The molecular weight excluding hydrogens is 362 g/mol. The van der Waals surface area contributed by atoms with Gasteiger partial charge in [0.2, 0.25) is 5.96 Å². The Bertz CT molecular complexity index is 919. The lowest BCUT2D eigenvalue weighted by atomic mass is 10.0. The maximum atomic E-state index is 5.41. The highest BCUT2D eigenvalue weighted by Crippen LogP contribution is 2.22. The Balaban J connectivity index is 0.00000261. The molecule has 0 radical (unpaired) electrons. The molecule has 2 aromatic carbocycles. The first-order valence-electron chi connectivity index (χ1n) is 8.00. The quantitative estimate of drug-likeness (QED) is 0.402. The van der Waals surface area contributed by atoms with E-state index in [0.717, 1.165) is 22.4 Å². The third kappa shape index (κ3) is 5.05. The van der Waals surface area contributed by atoms with E-state index in [-0.39, 0.29) is 18.4 Å². The van der Waals surface area contributed by atoms with E-state index in [9.17, 15) is 0 Å². The van der Waals surface area contributed by atoms with Crippen LogP contribution in [0.5, 0.6) is 5.75 Å². The van der Waals surface area contributed by atoms with Gasteiger partial charge in [-0.15, -0.1) is 22.6 Å². The first kappa shape index (κ1) is 19.9. The Morgan fingerprint density at radius 1 is 0.852 bits per heavy atom. The molecule has 0 atom stereocenters. The van der Waals surface area contributed by atoms with Crippen molar-refractivity contribution in [2.75, 3.05) is 7.11 Å². The molecule has 4 N–H and O–H groups in total. The van der Waals surface area contributed by atoms with E-state index < -0.39 is 0 Å². The molecule has 0 spiro atoms. The number of rotatable bonds is 5. The van der Waals surface area contributed by atoms with Gasteiger partial charge in [-0.25, -0.2) is 0 Å². The Morgan fingerprint density at radius 2 is 1.52 bits per heavy atom. The number of ether oxygens (including phenoxy) is 1. The standard InChI is InChI=1S/C20H19N5O.ClH/c1-26-17-10-7-14(8-11-17)16-9-12-18(23-13-16)19(24-25-20(21)22)15-5-3-2-4-6-15;/h2-13H,1H3,(H4,21,22,25);1H/b24-19-;. The van der Waals surface area contributed by atoms with E-state index in [1.807, 2.05) is 66.7 Å². The van der Waals surface area contributed by atoms with Crippen molar-refractivity contribution in [1.82, 2.24) is 4.98 Å². The van der Waals surface area contributed by atoms with Crippen LogP contribution in [0.2, 0.25) is 0 Å². The summed E-state index contributed by atoms with van der Waals surface area (Å²) in [5, 5.41) is 7.95. The van der Waals surface area contributed by atoms with Crippen molar-refractivity contribution in [3.8, 4) is 16.9 Å². The minimum absolute atomic E-state index is 0. The predicted molar refractivity (Wildman–Crippen MR) is 111 cm³/mol. The van der Waals surface area contributed by atoms with Gasteiger partial charge in [-0.1, -0.05) is 48.5 Å². The smallest absolute Gasteiger partial charge is 0.211 e. The van der Waals surface area contributed by atoms with E-state index >= 15 is 0 Å². The molecule has 1 heterocycles. The summed E-state index contributed by atoms with van der Waals surface area (Å²) in [4.78, 5) is 4.54. The number of hydrogen-bond donors (Lipinski definition) is 2. The van der Waals surface area contributed by atoms with Crippen LogP contribution in [0.25, 0.3) is 11.1 Å². The van der Waals surface area contributed by atoms with Crippen LogP contribution in [-0.2, 0) is 0 Å². The lowest BCUT2D eigenvalue weighted by molar-refractivity contribution is 0.415. The molecule has 0 aliphatic rings. The van der Waals surface area contributed by atoms with Crippen molar-refractivity contribution < 1.29 is 4.74 Å². The van der Waals surface area contributed by atoms with Crippen molar-refractivity contribution in [2.45, 2.75) is 0 Å². The third-order valence-corrected chi connectivity index (χ3v) is 3.74. The van der Waals surface area contributed by atoms with Gasteiger partial charge in [-0.3, -0.25) is 4.98 Å². The van der Waals surface area contributed by atoms with Crippen LogP contribution in [0, 0.1) is 0 Å². The molecule has 6 nitrogen and oxygen atoms in total. The predicted octanol–water partition coefficient (Wildman–Crippen LogP) is 3.20. The molecule has 0 aliphatic heterocycles. The highest BCUT2D eigenvalue weighted by atomic mass is 35.5. The van der Waals surface area contributed by atoms with Crippen LogP contribution in [0.3, 0.4) is 0 Å². The SMILES string of the molecule is COc1ccc(-c2ccc(/C(=N\N=C(N)N)c3ccccc3)nc2)cc1.Cl. The zero-order valence-corrected chi connectivity index (χ0v) is 15.6. The van der Waals surface area contributed by atoms with Gasteiger partial charge in [0.25, 0.3) is 0 Å². The average molecular weight is 382 g/mol. The number of halogens is 1. The van der Waals surface area contributed by atoms with E-state index in [0.29, 0.717) is 11.4 Å². The van der Waals surface area contributed by atoms with Crippen LogP contribution in [-0.4, -0.2) is 23.8 Å². The Kier molecular flexibility index (Phi) is 6.91. The molecule has 27 heavy (non-hydrogen) atoms. The lowest BCUT2D eigenvalue weighted by Gasteiger charge is -2.07. The zero-order valence-electron chi connectivity index (χ0n) is 14.7. The van der Waals surface area contributed by atoms with Crippen LogP contribution >= 0.6 is 12.4 Å². The molecule has 138 valence electrons. The molecular formula is C20H20ClN5O. The van der Waals surface area contributed by atoms with Gasteiger partial charge in [0.15, 0.2) is 0 Å². The number of nitrogens with two attached hydrogens (primary N) is 2. The van der Waals surface area contributed by atoms with Crippen molar-refractivity contribution in [3.05, 3.63) is 84.2 Å². The molecule has 7 heteroatoms. The zero-order chi connectivity index (χ0) is 18.4. The van der Waals surface area contributed by atoms with Gasteiger partial charge in [0.05, 0.1) is 12.8 Å². The molecule has 0 aliphatic carbocycles. The molecule has 0 amide bonds. The number of pyridine rings is 1. The van der Waals surface area contributed by atoms with E-state index in [2.05, 4.69) is 15.2 Å². The van der Waals surface area contributed by atoms with Gasteiger partial charge in [-0.2, -0.15) is 0 Å². The van der Waals surface area contributed by atoms with E-state index in [1.165, 1.54) is 0 Å². The number of hydrogen-bond acceptors (Lipinski definition) is 4. The minimum atomic E-state index is -0.103. The Labute approximate surface area is 164 Å². The number of nitrogens with zero attached hydrogens (tertiary/aromatic N) is 3. The van der Waals surface area contributed by atoms with E-state index in [1.54, 1.807) is 13.3 Å². The fraction of sp³-hybridized carbons (Fsp3) is 0.0500. The summed E-state index contributed by atoms with van der Waals surface area (Å²) in [6.45, 7) is 0. The molecule has 3 rings (SSSR count). The maximum absolute atomic E-state index is 5.41. The largest absolute Gasteiger partial charge is 0.497 e. The Hall–Kier alpha value is -3.38. The van der Waals surface area contributed by atoms with Crippen LogP contribution in [0.1, 0.15) is 11.3 Å². The number of benzene rings is 2.